The van der Waals surface area contributed by atoms with Crippen LogP contribution in [0.3, 0.4) is 0 Å². The average Bonchev–Trinajstić information content (AvgIpc) is 3.14. The van der Waals surface area contributed by atoms with E-state index in [1.807, 2.05) is 29.5 Å². The van der Waals surface area contributed by atoms with E-state index in [2.05, 4.69) is 10.2 Å². The van der Waals surface area contributed by atoms with Crippen LogP contribution in [-0.4, -0.2) is 30.2 Å². The Morgan fingerprint density at radius 3 is 2.59 bits per heavy atom. The third-order valence-electron chi connectivity index (χ3n) is 4.71. The lowest BCUT2D eigenvalue weighted by Gasteiger charge is -2.12. The highest BCUT2D eigenvalue weighted by Crippen LogP contribution is 2.27. The molecule has 6 nitrogen and oxygen atoms in total. The van der Waals surface area contributed by atoms with Gasteiger partial charge < -0.3 is 0 Å². The number of rotatable bonds is 6. The Morgan fingerprint density at radius 1 is 1.14 bits per heavy atom. The number of aryl methyl sites for hydroxylation is 1. The molecule has 0 aliphatic rings. The molecule has 148 valence electrons. The molecule has 8 heteroatoms. The minimum absolute atomic E-state index is 0.102. The molecule has 1 unspecified atom stereocenters. The van der Waals surface area contributed by atoms with Gasteiger partial charge in [-0.05, 0) is 49.7 Å². The number of carbonyl (C=O) groups excluding carboxylic acids is 1. The molecule has 0 fully saturated rings. The van der Waals surface area contributed by atoms with E-state index in [-0.39, 0.29) is 17.2 Å². The fourth-order valence-electron chi connectivity index (χ4n) is 3.30. The first-order valence-electron chi connectivity index (χ1n) is 9.34. The number of Topliss-reactive ketones (excluding diaryl/α,β-unsaturated/α-hetero) is 1. The number of carbonyl (C=O) groups is 1. The van der Waals surface area contributed by atoms with Gasteiger partial charge >= 0.3 is 0 Å². The predicted molar refractivity (Wildman–Crippen MR) is 111 cm³/mol. The number of aromatic nitrogens is 4. The third kappa shape index (κ3) is 3.44. The highest BCUT2D eigenvalue weighted by molar-refractivity contribution is 8.00. The first kappa shape index (κ1) is 19.3. The summed E-state index contributed by atoms with van der Waals surface area (Å²) in [6, 6.07) is 12.8. The molecular formula is C21H19FN4O2S. The zero-order valence-corrected chi connectivity index (χ0v) is 16.8. The number of thioether (sulfide) groups is 1. The quantitative estimate of drug-likeness (QED) is 0.356. The zero-order chi connectivity index (χ0) is 20.5. The van der Waals surface area contributed by atoms with Crippen LogP contribution in [0.5, 0.6) is 0 Å². The van der Waals surface area contributed by atoms with Gasteiger partial charge in [-0.25, -0.2) is 4.39 Å². The van der Waals surface area contributed by atoms with Crippen LogP contribution in [-0.2, 0) is 6.54 Å². The summed E-state index contributed by atoms with van der Waals surface area (Å²) in [5, 5.41) is 9.15. The maximum absolute atomic E-state index is 13.1. The number of ketones is 1. The molecule has 0 saturated heterocycles. The largest absolute Gasteiger partial charge is 0.293 e. The van der Waals surface area contributed by atoms with Gasteiger partial charge in [0, 0.05) is 12.1 Å². The molecule has 0 N–H and O–H groups in total. The van der Waals surface area contributed by atoms with E-state index < -0.39 is 5.25 Å². The molecule has 0 aliphatic carbocycles. The van der Waals surface area contributed by atoms with Crippen LogP contribution >= 0.6 is 11.8 Å². The highest BCUT2D eigenvalue weighted by Gasteiger charge is 2.22. The maximum Gasteiger partial charge on any atom is 0.262 e. The van der Waals surface area contributed by atoms with Crippen LogP contribution in [0.2, 0.25) is 0 Å². The lowest BCUT2D eigenvalue weighted by atomic mass is 10.1. The molecular weight excluding hydrogens is 391 g/mol. The van der Waals surface area contributed by atoms with Crippen LogP contribution in [0.25, 0.3) is 16.7 Å². The van der Waals surface area contributed by atoms with Crippen LogP contribution in [0.4, 0.5) is 4.39 Å². The standard InChI is InChI=1S/C21H19FN4O2S/c1-3-12-25-19(28)16-6-4-5-7-17(16)26-20(25)23-24-21(26)29-13(2)18(27)14-8-10-15(22)11-9-14/h4-11,13H,3,12H2,1-2H3. The van der Waals surface area contributed by atoms with Gasteiger partial charge in [0.2, 0.25) is 5.78 Å². The van der Waals surface area contributed by atoms with E-state index in [0.29, 0.717) is 33.9 Å². The van der Waals surface area contributed by atoms with Crippen molar-refractivity contribution in [2.24, 2.45) is 0 Å². The monoisotopic (exact) mass is 410 g/mol. The van der Waals surface area contributed by atoms with Crippen molar-refractivity contribution in [2.45, 2.75) is 37.2 Å². The number of benzene rings is 2. The van der Waals surface area contributed by atoms with E-state index in [1.54, 1.807) is 17.6 Å². The second-order valence-corrected chi connectivity index (χ2v) is 8.03. The van der Waals surface area contributed by atoms with E-state index in [1.165, 1.54) is 36.0 Å². The minimum Gasteiger partial charge on any atom is -0.293 e. The molecule has 2 aromatic heterocycles. The number of para-hydroxylation sites is 1. The molecule has 2 heterocycles. The molecule has 0 amide bonds. The summed E-state index contributed by atoms with van der Waals surface area (Å²) in [7, 11) is 0. The number of fused-ring (bicyclic) bond motifs is 3. The van der Waals surface area contributed by atoms with E-state index in [4.69, 9.17) is 0 Å². The molecule has 0 spiro atoms. The van der Waals surface area contributed by atoms with Crippen molar-refractivity contribution in [3.8, 4) is 0 Å². The molecule has 4 rings (SSSR count). The molecule has 29 heavy (non-hydrogen) atoms. The third-order valence-corrected chi connectivity index (χ3v) is 5.75. The average molecular weight is 410 g/mol. The number of hydrogen-bond acceptors (Lipinski definition) is 5. The van der Waals surface area contributed by atoms with E-state index >= 15 is 0 Å². The first-order chi connectivity index (χ1) is 14.0. The van der Waals surface area contributed by atoms with Crippen molar-refractivity contribution in [2.75, 3.05) is 0 Å². The van der Waals surface area contributed by atoms with Gasteiger partial charge in [0.05, 0.1) is 16.2 Å². The summed E-state index contributed by atoms with van der Waals surface area (Å²) in [5.74, 6) is -0.0527. The number of nitrogens with zero attached hydrogens (tertiary/aromatic N) is 4. The fraction of sp³-hybridized carbons (Fsp3) is 0.238. The van der Waals surface area contributed by atoms with Crippen molar-refractivity contribution in [1.82, 2.24) is 19.2 Å². The van der Waals surface area contributed by atoms with Crippen LogP contribution in [0.1, 0.15) is 30.6 Å². The summed E-state index contributed by atoms with van der Waals surface area (Å²) < 4.78 is 16.6. The molecule has 0 saturated carbocycles. The Kier molecular flexibility index (Phi) is 5.19. The summed E-state index contributed by atoms with van der Waals surface area (Å²) in [4.78, 5) is 25.6. The van der Waals surface area contributed by atoms with E-state index in [9.17, 15) is 14.0 Å². The lowest BCUT2D eigenvalue weighted by Crippen LogP contribution is -2.23. The minimum atomic E-state index is -0.460. The Balaban J connectivity index is 1.79. The van der Waals surface area contributed by atoms with Gasteiger partial charge in [-0.3, -0.25) is 18.6 Å². The number of halogens is 1. The summed E-state index contributed by atoms with van der Waals surface area (Å²) in [6.07, 6.45) is 0.780. The molecule has 2 aromatic carbocycles. The molecule has 0 bridgehead atoms. The van der Waals surface area contributed by atoms with Crippen molar-refractivity contribution in [1.29, 1.82) is 0 Å². The van der Waals surface area contributed by atoms with Crippen molar-refractivity contribution < 1.29 is 9.18 Å². The van der Waals surface area contributed by atoms with Gasteiger partial charge in [0.25, 0.3) is 5.56 Å². The SMILES string of the molecule is CCCn1c(=O)c2ccccc2n2c(SC(C)C(=O)c3ccc(F)cc3)nnc12. The summed E-state index contributed by atoms with van der Waals surface area (Å²) >= 11 is 1.27. The van der Waals surface area contributed by atoms with Gasteiger partial charge in [0.15, 0.2) is 10.9 Å². The van der Waals surface area contributed by atoms with Gasteiger partial charge in [-0.15, -0.1) is 10.2 Å². The normalized spacial score (nSPS) is 12.5. The zero-order valence-electron chi connectivity index (χ0n) is 16.0. The van der Waals surface area contributed by atoms with Crippen LogP contribution in [0, 0.1) is 5.82 Å². The number of hydrogen-bond donors (Lipinski definition) is 0. The van der Waals surface area contributed by atoms with Crippen molar-refractivity contribution in [3.05, 3.63) is 70.3 Å². The molecule has 0 radical (unpaired) electrons. The second kappa shape index (κ2) is 7.79. The predicted octanol–water partition coefficient (Wildman–Crippen LogP) is 3.96. The topological polar surface area (TPSA) is 69.3 Å². The first-order valence-corrected chi connectivity index (χ1v) is 10.2. The second-order valence-electron chi connectivity index (χ2n) is 6.72. The fourth-order valence-corrected chi connectivity index (χ4v) is 4.23. The van der Waals surface area contributed by atoms with Crippen LogP contribution in [0.15, 0.2) is 58.5 Å². The molecule has 1 atom stereocenters. The smallest absolute Gasteiger partial charge is 0.262 e. The Bertz CT molecular complexity index is 1260. The van der Waals surface area contributed by atoms with E-state index in [0.717, 1.165) is 6.42 Å². The van der Waals surface area contributed by atoms with Gasteiger partial charge in [-0.1, -0.05) is 30.8 Å². The van der Waals surface area contributed by atoms with Crippen LogP contribution < -0.4 is 5.56 Å². The molecule has 0 aliphatic heterocycles. The van der Waals surface area contributed by atoms with Gasteiger partial charge in [0.1, 0.15) is 5.82 Å². The Hall–Kier alpha value is -3.00. The van der Waals surface area contributed by atoms with Crippen molar-refractivity contribution in [3.63, 3.8) is 0 Å². The summed E-state index contributed by atoms with van der Waals surface area (Å²) in [6.45, 7) is 4.30. The van der Waals surface area contributed by atoms with Crippen molar-refractivity contribution >= 4 is 34.2 Å². The lowest BCUT2D eigenvalue weighted by molar-refractivity contribution is 0.0994. The Labute approximate surface area is 170 Å². The summed E-state index contributed by atoms with van der Waals surface area (Å²) in [5.41, 5.74) is 1.04. The maximum atomic E-state index is 13.1. The molecule has 4 aromatic rings. The highest BCUT2D eigenvalue weighted by atomic mass is 32.2. The Morgan fingerprint density at radius 2 is 1.86 bits per heavy atom. The van der Waals surface area contributed by atoms with Gasteiger partial charge in [-0.2, -0.15) is 0 Å².